The molecule has 30 heavy (non-hydrogen) atoms. The van der Waals surface area contributed by atoms with E-state index < -0.39 is 15.8 Å². The molecule has 0 unspecified atom stereocenters. The molecule has 2 aliphatic carbocycles. The molecule has 2 fully saturated rings. The van der Waals surface area contributed by atoms with Crippen molar-refractivity contribution in [1.29, 1.82) is 0 Å². The molecule has 0 radical (unpaired) electrons. The van der Waals surface area contributed by atoms with Crippen molar-refractivity contribution < 1.29 is 22.0 Å². The first-order valence-electron chi connectivity index (χ1n) is 9.64. The number of hydrogen-bond donors (Lipinski definition) is 2. The fourth-order valence-electron chi connectivity index (χ4n) is 4.71. The topological polar surface area (TPSA) is 128 Å². The van der Waals surface area contributed by atoms with Gasteiger partial charge in [-0.3, -0.25) is 4.79 Å². The minimum absolute atomic E-state index is 0.0766. The van der Waals surface area contributed by atoms with E-state index >= 15 is 0 Å². The number of halogens is 1. The van der Waals surface area contributed by atoms with Gasteiger partial charge in [-0.25, -0.2) is 18.5 Å². The number of nitrogens with one attached hydrogen (secondary N) is 1. The summed E-state index contributed by atoms with van der Waals surface area (Å²) in [7, 11) is -3.70. The van der Waals surface area contributed by atoms with Crippen molar-refractivity contribution in [1.82, 2.24) is 10.3 Å². The Morgan fingerprint density at radius 3 is 2.70 bits per heavy atom. The Morgan fingerprint density at radius 2 is 1.97 bits per heavy atom. The second-order valence-corrected chi connectivity index (χ2v) is 10.5. The summed E-state index contributed by atoms with van der Waals surface area (Å²) in [5.41, 5.74) is 1.75. The minimum Gasteiger partial charge on any atom is -0.455 e. The zero-order valence-corrected chi connectivity index (χ0v) is 17.5. The van der Waals surface area contributed by atoms with E-state index in [4.69, 9.17) is 25.6 Å². The van der Waals surface area contributed by atoms with Crippen LogP contribution in [0.4, 0.5) is 0 Å². The summed E-state index contributed by atoms with van der Waals surface area (Å²) < 4.78 is 33.4. The van der Waals surface area contributed by atoms with Crippen molar-refractivity contribution in [2.24, 2.45) is 10.6 Å². The monoisotopic (exact) mass is 449 g/mol. The molecule has 1 aromatic carbocycles. The van der Waals surface area contributed by atoms with E-state index in [0.717, 1.165) is 42.7 Å². The van der Waals surface area contributed by atoms with E-state index in [9.17, 15) is 13.2 Å². The number of carbonyl (C=O) groups excluding carboxylic acids is 1. The lowest BCUT2D eigenvalue weighted by atomic mass is 9.50. The van der Waals surface area contributed by atoms with E-state index in [-0.39, 0.29) is 28.9 Å². The first-order chi connectivity index (χ1) is 14.2. The quantitative estimate of drug-likeness (QED) is 0.614. The van der Waals surface area contributed by atoms with Gasteiger partial charge in [0.25, 0.3) is 5.91 Å². The third-order valence-electron chi connectivity index (χ3n) is 6.00. The molecule has 158 valence electrons. The molecule has 1 amide bonds. The Morgan fingerprint density at radius 1 is 1.20 bits per heavy atom. The summed E-state index contributed by atoms with van der Waals surface area (Å²) in [5.74, 6) is 0.501. The number of oxazole rings is 1. The molecular formula is C20H20ClN3O5S. The fourth-order valence-corrected chi connectivity index (χ4v) is 5.42. The van der Waals surface area contributed by atoms with Gasteiger partial charge in [-0.05, 0) is 61.4 Å². The van der Waals surface area contributed by atoms with Gasteiger partial charge < -0.3 is 14.2 Å². The van der Waals surface area contributed by atoms with Gasteiger partial charge in [0.15, 0.2) is 17.2 Å². The van der Waals surface area contributed by atoms with Crippen LogP contribution in [0.15, 0.2) is 39.2 Å². The molecule has 2 aromatic heterocycles. The van der Waals surface area contributed by atoms with Crippen LogP contribution in [0, 0.1) is 5.41 Å². The largest absolute Gasteiger partial charge is 0.455 e. The molecule has 0 saturated heterocycles. The molecule has 5 rings (SSSR count). The van der Waals surface area contributed by atoms with Crippen molar-refractivity contribution in [2.45, 2.75) is 43.4 Å². The van der Waals surface area contributed by atoms with Gasteiger partial charge in [0.1, 0.15) is 17.0 Å². The highest BCUT2D eigenvalue weighted by Crippen LogP contribution is 2.61. The Labute approximate surface area is 177 Å². The summed E-state index contributed by atoms with van der Waals surface area (Å²) in [6, 6.07) is 8.41. The van der Waals surface area contributed by atoms with Gasteiger partial charge in [-0.15, -0.1) is 0 Å². The number of primary sulfonamides is 1. The van der Waals surface area contributed by atoms with Crippen LogP contribution < -0.4 is 10.5 Å². The third kappa shape index (κ3) is 3.73. The average Bonchev–Trinajstić information content (AvgIpc) is 3.20. The van der Waals surface area contributed by atoms with Crippen molar-refractivity contribution in [3.05, 3.63) is 52.8 Å². The van der Waals surface area contributed by atoms with Crippen LogP contribution in [-0.2, 0) is 15.8 Å². The van der Waals surface area contributed by atoms with Gasteiger partial charge in [0, 0.05) is 17.0 Å². The normalized spacial score (nSPS) is 25.8. The van der Waals surface area contributed by atoms with Crippen LogP contribution in [0.2, 0.25) is 5.02 Å². The summed E-state index contributed by atoms with van der Waals surface area (Å²) >= 11 is 6.01. The fraction of sp³-hybridized carbons (Fsp3) is 0.400. The van der Waals surface area contributed by atoms with Crippen molar-refractivity contribution in [3.63, 3.8) is 0 Å². The number of fused-ring (bicyclic) bond motifs is 1. The zero-order valence-electron chi connectivity index (χ0n) is 15.9. The maximum Gasteiger partial charge on any atom is 0.287 e. The molecule has 8 nitrogen and oxygen atoms in total. The molecule has 1 spiro atoms. The van der Waals surface area contributed by atoms with Crippen molar-refractivity contribution in [2.75, 3.05) is 0 Å². The average molecular weight is 450 g/mol. The Balaban J connectivity index is 1.14. The highest BCUT2D eigenvalue weighted by Gasteiger charge is 2.54. The molecule has 0 aliphatic heterocycles. The number of furan rings is 1. The molecule has 10 heteroatoms. The van der Waals surface area contributed by atoms with Crippen LogP contribution in [-0.4, -0.2) is 25.4 Å². The molecule has 2 heterocycles. The predicted octanol–water partition coefficient (Wildman–Crippen LogP) is 3.32. The molecule has 2 saturated carbocycles. The van der Waals surface area contributed by atoms with Crippen LogP contribution in [0.3, 0.4) is 0 Å². The van der Waals surface area contributed by atoms with E-state index in [1.54, 1.807) is 12.1 Å². The van der Waals surface area contributed by atoms with Gasteiger partial charge in [-0.1, -0.05) is 11.6 Å². The molecular weight excluding hydrogens is 430 g/mol. The minimum atomic E-state index is -3.70. The summed E-state index contributed by atoms with van der Waals surface area (Å²) in [6.07, 6.45) is 3.76. The third-order valence-corrected chi connectivity index (χ3v) is 6.92. The smallest absolute Gasteiger partial charge is 0.287 e. The highest BCUT2D eigenvalue weighted by molar-refractivity contribution is 7.88. The lowest BCUT2D eigenvalue weighted by molar-refractivity contribution is -0.0256. The second-order valence-electron chi connectivity index (χ2n) is 8.42. The summed E-state index contributed by atoms with van der Waals surface area (Å²) in [4.78, 5) is 16.9. The molecule has 2 aliphatic rings. The SMILES string of the molecule is NS(=O)(=O)Cc1ccc(C(=O)NC2CC3(C2)CC(c2nc4cc(Cl)ccc4o2)C3)o1. The number of aromatic nitrogens is 1. The predicted molar refractivity (Wildman–Crippen MR) is 109 cm³/mol. The molecule has 3 N–H and O–H groups in total. The van der Waals surface area contributed by atoms with E-state index in [1.807, 2.05) is 6.07 Å². The maximum absolute atomic E-state index is 12.3. The van der Waals surface area contributed by atoms with Gasteiger partial charge in [-0.2, -0.15) is 0 Å². The Kier molecular flexibility index (Phi) is 4.46. The van der Waals surface area contributed by atoms with Crippen LogP contribution in [0.5, 0.6) is 0 Å². The second kappa shape index (κ2) is 6.83. The number of carbonyl (C=O) groups is 1. The number of amides is 1. The van der Waals surface area contributed by atoms with E-state index in [2.05, 4.69) is 10.3 Å². The first-order valence-corrected chi connectivity index (χ1v) is 11.7. The number of rotatable bonds is 5. The Hall–Kier alpha value is -2.36. The molecule has 0 atom stereocenters. The number of sulfonamides is 1. The number of benzene rings is 1. The van der Waals surface area contributed by atoms with Gasteiger partial charge in [0.05, 0.1) is 0 Å². The van der Waals surface area contributed by atoms with Crippen molar-refractivity contribution in [3.8, 4) is 0 Å². The Bertz CT molecular complexity index is 1230. The number of hydrogen-bond acceptors (Lipinski definition) is 6. The molecule has 0 bridgehead atoms. The number of nitrogens with zero attached hydrogens (tertiary/aromatic N) is 1. The lowest BCUT2D eigenvalue weighted by Gasteiger charge is -2.57. The zero-order chi connectivity index (χ0) is 21.1. The van der Waals surface area contributed by atoms with E-state index in [0.29, 0.717) is 10.9 Å². The lowest BCUT2D eigenvalue weighted by Crippen LogP contribution is -2.55. The molecule has 3 aromatic rings. The highest BCUT2D eigenvalue weighted by atomic mass is 35.5. The van der Waals surface area contributed by atoms with Crippen molar-refractivity contribution >= 4 is 38.6 Å². The van der Waals surface area contributed by atoms with Gasteiger partial charge in [0.2, 0.25) is 10.0 Å². The standard InChI is InChI=1S/C20H20ClN3O5S/c21-12-1-3-16-15(5-12)24-19(29-16)11-6-20(7-11)8-13(9-20)23-18(25)17-4-2-14(28-17)10-30(22,26)27/h1-5,11,13H,6-10H2,(H,23,25)(H2,22,26,27). The first kappa shape index (κ1) is 19.6. The summed E-state index contributed by atoms with van der Waals surface area (Å²) in [5, 5.41) is 8.58. The van der Waals surface area contributed by atoms with Crippen LogP contribution in [0.25, 0.3) is 11.1 Å². The van der Waals surface area contributed by atoms with Crippen LogP contribution >= 0.6 is 11.6 Å². The van der Waals surface area contributed by atoms with Gasteiger partial charge >= 0.3 is 0 Å². The van der Waals surface area contributed by atoms with E-state index in [1.165, 1.54) is 12.1 Å². The summed E-state index contributed by atoms with van der Waals surface area (Å²) in [6.45, 7) is 0. The maximum atomic E-state index is 12.3. The number of nitrogens with two attached hydrogens (primary N) is 1. The van der Waals surface area contributed by atoms with Crippen LogP contribution in [0.1, 0.15) is 53.8 Å².